The average molecular weight is 249 g/mol. The molecule has 2 rings (SSSR count). The second kappa shape index (κ2) is 6.21. The van der Waals surface area contributed by atoms with E-state index in [0.717, 1.165) is 24.4 Å². The maximum Gasteiger partial charge on any atom is 0.119 e. The smallest absolute Gasteiger partial charge is 0.119 e. The first kappa shape index (κ1) is 13.4. The molecule has 18 heavy (non-hydrogen) atoms. The van der Waals surface area contributed by atoms with Crippen molar-refractivity contribution in [2.45, 2.75) is 38.8 Å². The normalized spacial score (nSPS) is 16.9. The van der Waals surface area contributed by atoms with Gasteiger partial charge < -0.3 is 9.84 Å². The van der Waals surface area contributed by atoms with Crippen LogP contribution in [0.1, 0.15) is 38.4 Å². The summed E-state index contributed by atoms with van der Waals surface area (Å²) in [5.41, 5.74) is 0.970. The number of rotatable bonds is 7. The molecule has 3 nitrogen and oxygen atoms in total. The van der Waals surface area contributed by atoms with E-state index >= 15 is 0 Å². The first-order chi connectivity index (χ1) is 8.74. The van der Waals surface area contributed by atoms with Crippen molar-refractivity contribution in [3.05, 3.63) is 29.8 Å². The van der Waals surface area contributed by atoms with Crippen molar-refractivity contribution in [3.8, 4) is 5.75 Å². The van der Waals surface area contributed by atoms with E-state index < -0.39 is 6.10 Å². The molecule has 1 aromatic rings. The van der Waals surface area contributed by atoms with E-state index in [0.29, 0.717) is 12.6 Å². The third kappa shape index (κ3) is 3.47. The quantitative estimate of drug-likeness (QED) is 0.806. The summed E-state index contributed by atoms with van der Waals surface area (Å²) in [4.78, 5) is 2.36. The van der Waals surface area contributed by atoms with Crippen molar-refractivity contribution in [2.24, 2.45) is 0 Å². The van der Waals surface area contributed by atoms with Gasteiger partial charge in [-0.3, -0.25) is 4.90 Å². The lowest BCUT2D eigenvalue weighted by atomic mass is 10.1. The second-order valence-corrected chi connectivity index (χ2v) is 4.84. The highest BCUT2D eigenvalue weighted by Crippen LogP contribution is 2.28. The highest BCUT2D eigenvalue weighted by Gasteiger charge is 2.29. The zero-order valence-electron chi connectivity index (χ0n) is 11.3. The molecule has 1 saturated carbocycles. The molecule has 1 unspecified atom stereocenters. The van der Waals surface area contributed by atoms with Gasteiger partial charge in [-0.25, -0.2) is 0 Å². The molecule has 3 heteroatoms. The van der Waals surface area contributed by atoms with Gasteiger partial charge in [0.2, 0.25) is 0 Å². The summed E-state index contributed by atoms with van der Waals surface area (Å²) in [6.45, 7) is 6.54. The van der Waals surface area contributed by atoms with E-state index in [4.69, 9.17) is 4.74 Å². The monoisotopic (exact) mass is 249 g/mol. The number of benzene rings is 1. The van der Waals surface area contributed by atoms with Crippen molar-refractivity contribution < 1.29 is 9.84 Å². The highest BCUT2D eigenvalue weighted by molar-refractivity contribution is 5.28. The van der Waals surface area contributed by atoms with Crippen molar-refractivity contribution in [1.82, 2.24) is 4.90 Å². The Labute approximate surface area is 109 Å². The number of nitrogens with zero attached hydrogens (tertiary/aromatic N) is 1. The molecule has 0 heterocycles. The number of likely N-dealkylation sites (N-methyl/N-ethyl adjacent to an activating group) is 1. The van der Waals surface area contributed by atoms with Crippen LogP contribution in [0.4, 0.5) is 0 Å². The Hall–Kier alpha value is -1.06. The molecule has 0 bridgehead atoms. The molecule has 100 valence electrons. The predicted octanol–water partition coefficient (Wildman–Crippen LogP) is 2.60. The summed E-state index contributed by atoms with van der Waals surface area (Å²) in [6.07, 6.45) is 2.16. The molecule has 0 aromatic heterocycles. The summed E-state index contributed by atoms with van der Waals surface area (Å²) in [7, 11) is 0. The summed E-state index contributed by atoms with van der Waals surface area (Å²) < 4.78 is 5.40. The van der Waals surface area contributed by atoms with E-state index in [2.05, 4.69) is 11.8 Å². The third-order valence-electron chi connectivity index (χ3n) is 3.45. The Balaban J connectivity index is 1.92. The third-order valence-corrected chi connectivity index (χ3v) is 3.45. The summed E-state index contributed by atoms with van der Waals surface area (Å²) >= 11 is 0. The van der Waals surface area contributed by atoms with Gasteiger partial charge in [0.25, 0.3) is 0 Å². The van der Waals surface area contributed by atoms with Crippen molar-refractivity contribution in [1.29, 1.82) is 0 Å². The molecular formula is C15H23NO2. The van der Waals surface area contributed by atoms with Crippen LogP contribution in [0.2, 0.25) is 0 Å². The van der Waals surface area contributed by atoms with Gasteiger partial charge in [0.15, 0.2) is 0 Å². The van der Waals surface area contributed by atoms with Gasteiger partial charge in [0, 0.05) is 12.6 Å². The highest BCUT2D eigenvalue weighted by atomic mass is 16.5. The van der Waals surface area contributed by atoms with Crippen LogP contribution in [0.3, 0.4) is 0 Å². The Morgan fingerprint density at radius 1 is 1.28 bits per heavy atom. The van der Waals surface area contributed by atoms with Crippen LogP contribution < -0.4 is 4.74 Å². The molecule has 1 fully saturated rings. The molecule has 1 N–H and O–H groups in total. The van der Waals surface area contributed by atoms with Crippen LogP contribution in [0.15, 0.2) is 24.3 Å². The first-order valence-electron chi connectivity index (χ1n) is 6.89. The zero-order chi connectivity index (χ0) is 13.0. The Bertz CT molecular complexity index is 359. The van der Waals surface area contributed by atoms with Crippen molar-refractivity contribution >= 4 is 0 Å². The lowest BCUT2D eigenvalue weighted by molar-refractivity contribution is 0.112. The van der Waals surface area contributed by atoms with Gasteiger partial charge in [-0.1, -0.05) is 19.1 Å². The minimum absolute atomic E-state index is 0.402. The van der Waals surface area contributed by atoms with E-state index in [1.807, 2.05) is 31.2 Å². The fraction of sp³-hybridized carbons (Fsp3) is 0.600. The Morgan fingerprint density at radius 2 is 1.94 bits per heavy atom. The van der Waals surface area contributed by atoms with Crippen LogP contribution >= 0.6 is 0 Å². The lowest BCUT2D eigenvalue weighted by Crippen LogP contribution is -2.30. The van der Waals surface area contributed by atoms with E-state index in [-0.39, 0.29) is 0 Å². The Morgan fingerprint density at radius 3 is 2.44 bits per heavy atom. The first-order valence-corrected chi connectivity index (χ1v) is 6.89. The van der Waals surface area contributed by atoms with Crippen LogP contribution in [-0.4, -0.2) is 35.7 Å². The van der Waals surface area contributed by atoms with E-state index in [1.54, 1.807) is 0 Å². The van der Waals surface area contributed by atoms with Crippen LogP contribution in [0.5, 0.6) is 5.75 Å². The molecule has 0 amide bonds. The second-order valence-electron chi connectivity index (χ2n) is 4.84. The minimum Gasteiger partial charge on any atom is -0.494 e. The lowest BCUT2D eigenvalue weighted by Gasteiger charge is -2.23. The maximum absolute atomic E-state index is 10.2. The van der Waals surface area contributed by atoms with E-state index in [1.165, 1.54) is 12.8 Å². The zero-order valence-corrected chi connectivity index (χ0v) is 11.3. The molecule has 0 radical (unpaired) electrons. The maximum atomic E-state index is 10.2. The minimum atomic E-state index is -0.402. The standard InChI is InChI=1S/C15H23NO2/c1-3-16(13-7-8-13)11-15(17)12-5-9-14(10-6-12)18-4-2/h5-6,9-10,13,15,17H,3-4,7-8,11H2,1-2H3. The average Bonchev–Trinajstić information content (AvgIpc) is 3.21. The van der Waals surface area contributed by atoms with Gasteiger partial charge in [0.05, 0.1) is 12.7 Å². The molecule has 1 aliphatic rings. The van der Waals surface area contributed by atoms with Gasteiger partial charge in [0.1, 0.15) is 5.75 Å². The summed E-state index contributed by atoms with van der Waals surface area (Å²) in [5, 5.41) is 10.2. The van der Waals surface area contributed by atoms with Crippen molar-refractivity contribution in [2.75, 3.05) is 19.7 Å². The summed E-state index contributed by atoms with van der Waals surface area (Å²) in [6, 6.07) is 8.46. The SMILES string of the molecule is CCOc1ccc(C(O)CN(CC)C2CC2)cc1. The largest absolute Gasteiger partial charge is 0.494 e. The number of aliphatic hydroxyl groups excluding tert-OH is 1. The van der Waals surface area contributed by atoms with Crippen LogP contribution in [0.25, 0.3) is 0 Å². The van der Waals surface area contributed by atoms with Crippen LogP contribution in [0, 0.1) is 0 Å². The molecule has 0 spiro atoms. The van der Waals surface area contributed by atoms with Gasteiger partial charge in [-0.2, -0.15) is 0 Å². The topological polar surface area (TPSA) is 32.7 Å². The van der Waals surface area contributed by atoms with Crippen molar-refractivity contribution in [3.63, 3.8) is 0 Å². The molecule has 1 atom stereocenters. The number of aliphatic hydroxyl groups is 1. The van der Waals surface area contributed by atoms with Gasteiger partial charge in [-0.05, 0) is 44.0 Å². The molecule has 0 saturated heterocycles. The van der Waals surface area contributed by atoms with Crippen LogP contribution in [-0.2, 0) is 0 Å². The van der Waals surface area contributed by atoms with Gasteiger partial charge >= 0.3 is 0 Å². The molecular weight excluding hydrogens is 226 g/mol. The fourth-order valence-corrected chi connectivity index (χ4v) is 2.26. The predicted molar refractivity (Wildman–Crippen MR) is 72.8 cm³/mol. The fourth-order valence-electron chi connectivity index (χ4n) is 2.26. The van der Waals surface area contributed by atoms with Gasteiger partial charge in [-0.15, -0.1) is 0 Å². The molecule has 0 aliphatic heterocycles. The van der Waals surface area contributed by atoms with E-state index in [9.17, 15) is 5.11 Å². The molecule has 1 aromatic carbocycles. The number of ether oxygens (including phenoxy) is 1. The molecule has 1 aliphatic carbocycles. The summed E-state index contributed by atoms with van der Waals surface area (Å²) in [5.74, 6) is 0.864. The Kier molecular flexibility index (Phi) is 4.61. The number of hydrogen-bond acceptors (Lipinski definition) is 3. The number of hydrogen-bond donors (Lipinski definition) is 1.